The van der Waals surface area contributed by atoms with Crippen LogP contribution in [0.25, 0.3) is 0 Å². The molecular formula is C13H17ClO. The maximum atomic E-state index is 11.8. The molecule has 0 amide bonds. The van der Waals surface area contributed by atoms with Crippen LogP contribution in [-0.2, 0) is 0 Å². The summed E-state index contributed by atoms with van der Waals surface area (Å²) in [5, 5.41) is 0.569. The van der Waals surface area contributed by atoms with Crippen LogP contribution >= 0.6 is 11.6 Å². The van der Waals surface area contributed by atoms with Crippen LogP contribution in [-0.4, -0.2) is 5.78 Å². The Morgan fingerprint density at radius 2 is 1.80 bits per heavy atom. The van der Waals surface area contributed by atoms with Gasteiger partial charge in [0.1, 0.15) is 0 Å². The van der Waals surface area contributed by atoms with E-state index >= 15 is 0 Å². The van der Waals surface area contributed by atoms with Crippen molar-refractivity contribution >= 4 is 17.4 Å². The third-order valence-electron chi connectivity index (χ3n) is 2.45. The van der Waals surface area contributed by atoms with E-state index < -0.39 is 0 Å². The number of carbonyl (C=O) groups excluding carboxylic acids is 1. The van der Waals surface area contributed by atoms with Crippen LogP contribution in [0.3, 0.4) is 0 Å². The molecule has 0 N–H and O–H groups in total. The fourth-order valence-corrected chi connectivity index (χ4v) is 1.68. The Bertz CT molecular complexity index is 367. The Morgan fingerprint density at radius 3 is 2.20 bits per heavy atom. The van der Waals surface area contributed by atoms with E-state index in [1.54, 1.807) is 0 Å². The average Bonchev–Trinajstić information content (AvgIpc) is 2.16. The summed E-state index contributed by atoms with van der Waals surface area (Å²) in [6.45, 7) is 7.98. The van der Waals surface area contributed by atoms with Gasteiger partial charge < -0.3 is 0 Å². The summed E-state index contributed by atoms with van der Waals surface area (Å²) in [5.74, 6) is 0.536. The number of Topliss-reactive ketones (excluding diaryl/α,β-unsaturated/α-hetero) is 1. The molecule has 1 rings (SSSR count). The zero-order valence-electron chi connectivity index (χ0n) is 9.67. The van der Waals surface area contributed by atoms with Crippen LogP contribution < -0.4 is 0 Å². The minimum atomic E-state index is -0.00704. The van der Waals surface area contributed by atoms with E-state index in [2.05, 4.69) is 13.8 Å². The Morgan fingerprint density at radius 1 is 1.20 bits per heavy atom. The van der Waals surface area contributed by atoms with E-state index in [1.165, 1.54) is 5.56 Å². The molecule has 82 valence electrons. The topological polar surface area (TPSA) is 17.1 Å². The van der Waals surface area contributed by atoms with Crippen molar-refractivity contribution in [3.05, 3.63) is 34.3 Å². The molecule has 15 heavy (non-hydrogen) atoms. The molecule has 0 aliphatic rings. The van der Waals surface area contributed by atoms with Crippen molar-refractivity contribution in [1.29, 1.82) is 0 Å². The monoisotopic (exact) mass is 224 g/mol. The lowest BCUT2D eigenvalue weighted by atomic mass is 9.97. The fraction of sp³-hybridized carbons (Fsp3) is 0.462. The normalized spacial score (nSPS) is 11.1. The molecule has 0 heterocycles. The van der Waals surface area contributed by atoms with E-state index in [9.17, 15) is 4.79 Å². The number of rotatable bonds is 3. The van der Waals surface area contributed by atoms with Crippen molar-refractivity contribution in [3.63, 3.8) is 0 Å². The lowest BCUT2D eigenvalue weighted by Gasteiger charge is -2.10. The van der Waals surface area contributed by atoms with Gasteiger partial charge in [0.05, 0.1) is 5.02 Å². The highest BCUT2D eigenvalue weighted by atomic mass is 35.5. The van der Waals surface area contributed by atoms with Crippen LogP contribution in [0.2, 0.25) is 5.02 Å². The van der Waals surface area contributed by atoms with Crippen molar-refractivity contribution in [2.75, 3.05) is 0 Å². The number of ketones is 1. The molecule has 0 fully saturated rings. The van der Waals surface area contributed by atoms with Crippen LogP contribution in [0.4, 0.5) is 0 Å². The predicted octanol–water partition coefficient (Wildman–Crippen LogP) is 4.30. The average molecular weight is 225 g/mol. The number of benzene rings is 1. The third kappa shape index (κ3) is 2.82. The molecule has 0 bridgehead atoms. The summed E-state index contributed by atoms with van der Waals surface area (Å²) in [4.78, 5) is 11.8. The molecular weight excluding hydrogens is 208 g/mol. The molecule has 0 saturated heterocycles. The van der Waals surface area contributed by atoms with E-state index in [-0.39, 0.29) is 11.7 Å². The summed E-state index contributed by atoms with van der Waals surface area (Å²) in [6.07, 6.45) is 0. The number of hydrogen-bond donors (Lipinski definition) is 0. The summed E-state index contributed by atoms with van der Waals surface area (Å²) in [7, 11) is 0. The Hall–Kier alpha value is -0.820. The molecule has 0 unspecified atom stereocenters. The highest BCUT2D eigenvalue weighted by Gasteiger charge is 2.14. The van der Waals surface area contributed by atoms with Crippen molar-refractivity contribution in [2.45, 2.75) is 33.6 Å². The Balaban J connectivity index is 3.08. The molecule has 0 aromatic heterocycles. The summed E-state index contributed by atoms with van der Waals surface area (Å²) >= 11 is 6.09. The number of halogens is 1. The second-order valence-electron chi connectivity index (χ2n) is 4.41. The highest BCUT2D eigenvalue weighted by molar-refractivity contribution is 6.34. The summed E-state index contributed by atoms with van der Waals surface area (Å²) in [6, 6.07) is 5.70. The second-order valence-corrected chi connectivity index (χ2v) is 4.82. The standard InChI is InChI=1S/C13H17ClO/c1-8(2)10-5-6-11(12(14)7-10)13(15)9(3)4/h5-9H,1-4H3. The first-order valence-corrected chi connectivity index (χ1v) is 5.65. The molecule has 0 radical (unpaired) electrons. The van der Waals surface area contributed by atoms with Crippen LogP contribution in [0, 0.1) is 5.92 Å². The molecule has 0 aliphatic heterocycles. The van der Waals surface area contributed by atoms with E-state index in [0.29, 0.717) is 16.5 Å². The van der Waals surface area contributed by atoms with Gasteiger partial charge in [0.25, 0.3) is 0 Å². The van der Waals surface area contributed by atoms with Crippen molar-refractivity contribution in [3.8, 4) is 0 Å². The van der Waals surface area contributed by atoms with Crippen LogP contribution in [0.1, 0.15) is 49.5 Å². The molecule has 1 nitrogen and oxygen atoms in total. The quantitative estimate of drug-likeness (QED) is 0.700. The fourth-order valence-electron chi connectivity index (χ4n) is 1.40. The van der Waals surface area contributed by atoms with E-state index in [1.807, 2.05) is 32.0 Å². The maximum Gasteiger partial charge on any atom is 0.166 e. The van der Waals surface area contributed by atoms with Crippen molar-refractivity contribution < 1.29 is 4.79 Å². The van der Waals surface area contributed by atoms with Gasteiger partial charge in [0, 0.05) is 11.5 Å². The van der Waals surface area contributed by atoms with Gasteiger partial charge in [0.2, 0.25) is 0 Å². The Labute approximate surface area is 96.5 Å². The first-order valence-electron chi connectivity index (χ1n) is 5.27. The van der Waals surface area contributed by atoms with Gasteiger partial charge in [-0.1, -0.05) is 45.4 Å². The van der Waals surface area contributed by atoms with Crippen LogP contribution in [0.5, 0.6) is 0 Å². The van der Waals surface area contributed by atoms with Gasteiger partial charge in [-0.2, -0.15) is 0 Å². The molecule has 1 aromatic carbocycles. The Kier molecular flexibility index (Phi) is 3.92. The smallest absolute Gasteiger partial charge is 0.166 e. The first-order chi connectivity index (χ1) is 6.93. The van der Waals surface area contributed by atoms with E-state index in [0.717, 1.165) is 0 Å². The predicted molar refractivity (Wildman–Crippen MR) is 64.7 cm³/mol. The lowest BCUT2D eigenvalue weighted by molar-refractivity contribution is 0.0939. The first kappa shape index (κ1) is 12.3. The molecule has 0 saturated carbocycles. The largest absolute Gasteiger partial charge is 0.294 e. The van der Waals surface area contributed by atoms with Gasteiger partial charge in [-0.25, -0.2) is 0 Å². The molecule has 2 heteroatoms. The molecule has 0 spiro atoms. The molecule has 0 aliphatic carbocycles. The summed E-state index contributed by atoms with van der Waals surface area (Å²) in [5.41, 5.74) is 1.80. The zero-order valence-corrected chi connectivity index (χ0v) is 10.4. The van der Waals surface area contributed by atoms with E-state index in [4.69, 9.17) is 11.6 Å². The molecule has 0 atom stereocenters. The molecule has 1 aromatic rings. The summed E-state index contributed by atoms with van der Waals surface area (Å²) < 4.78 is 0. The van der Waals surface area contributed by atoms with Crippen molar-refractivity contribution in [2.24, 2.45) is 5.92 Å². The lowest BCUT2D eigenvalue weighted by Crippen LogP contribution is -2.08. The van der Waals surface area contributed by atoms with Gasteiger partial charge in [0.15, 0.2) is 5.78 Å². The van der Waals surface area contributed by atoms with Crippen molar-refractivity contribution in [1.82, 2.24) is 0 Å². The second kappa shape index (κ2) is 4.80. The zero-order chi connectivity index (χ0) is 11.6. The van der Waals surface area contributed by atoms with Gasteiger partial charge in [-0.3, -0.25) is 4.79 Å². The van der Waals surface area contributed by atoms with Gasteiger partial charge >= 0.3 is 0 Å². The number of carbonyl (C=O) groups is 1. The minimum absolute atomic E-state index is 0.00704. The van der Waals surface area contributed by atoms with Gasteiger partial charge in [-0.15, -0.1) is 0 Å². The highest BCUT2D eigenvalue weighted by Crippen LogP contribution is 2.24. The SMILES string of the molecule is CC(C)C(=O)c1ccc(C(C)C)cc1Cl. The number of hydrogen-bond acceptors (Lipinski definition) is 1. The maximum absolute atomic E-state index is 11.8. The van der Waals surface area contributed by atoms with Crippen LogP contribution in [0.15, 0.2) is 18.2 Å². The third-order valence-corrected chi connectivity index (χ3v) is 2.76. The minimum Gasteiger partial charge on any atom is -0.294 e. The van der Waals surface area contributed by atoms with Gasteiger partial charge in [-0.05, 0) is 23.6 Å².